The van der Waals surface area contributed by atoms with E-state index >= 15 is 0 Å². The van der Waals surface area contributed by atoms with Crippen molar-refractivity contribution in [3.8, 4) is 0 Å². The lowest BCUT2D eigenvalue weighted by atomic mass is 9.71. The topological polar surface area (TPSA) is 58.4 Å². The van der Waals surface area contributed by atoms with Gasteiger partial charge < -0.3 is 5.11 Å². The van der Waals surface area contributed by atoms with E-state index in [-0.39, 0.29) is 5.69 Å². The number of hydrogen-bond donors (Lipinski definition) is 1. The van der Waals surface area contributed by atoms with Gasteiger partial charge in [0.05, 0.1) is 11.2 Å². The minimum absolute atomic E-state index is 0.282. The summed E-state index contributed by atoms with van der Waals surface area (Å²) in [4.78, 5) is 13.4. The highest BCUT2D eigenvalue weighted by molar-refractivity contribution is 7.99. The standard InChI is InChI=1S/C23H22F3N3OS/c1-15-27-12-16-18(7-5-8-19(16)29-15)28-14-22(30,23(24,25)26)13-21(2)10-11-31-20-9-4-3-6-17(20)21/h3-9,12,14,30H,10-11,13H2,1-2H3. The third-order valence-corrected chi connectivity index (χ3v) is 6.81. The second-order valence-electron chi connectivity index (χ2n) is 8.14. The number of aromatic nitrogens is 2. The molecule has 4 nitrogen and oxygen atoms in total. The van der Waals surface area contributed by atoms with Crippen LogP contribution in [0.4, 0.5) is 18.9 Å². The Morgan fingerprint density at radius 2 is 1.97 bits per heavy atom. The summed E-state index contributed by atoms with van der Waals surface area (Å²) in [5.41, 5.74) is -2.22. The Hall–Kier alpha value is -2.45. The molecule has 0 saturated carbocycles. The lowest BCUT2D eigenvalue weighted by Crippen LogP contribution is -2.51. The predicted molar refractivity (Wildman–Crippen MR) is 117 cm³/mol. The van der Waals surface area contributed by atoms with Crippen LogP contribution in [-0.2, 0) is 5.41 Å². The van der Waals surface area contributed by atoms with Crippen LogP contribution >= 0.6 is 11.8 Å². The van der Waals surface area contributed by atoms with E-state index in [0.29, 0.717) is 35.1 Å². The van der Waals surface area contributed by atoms with Crippen LogP contribution in [0.15, 0.2) is 58.5 Å². The van der Waals surface area contributed by atoms with Crippen molar-refractivity contribution >= 4 is 34.6 Å². The number of alkyl halides is 3. The quantitative estimate of drug-likeness (QED) is 0.518. The van der Waals surface area contributed by atoms with Crippen LogP contribution in [0.5, 0.6) is 0 Å². The number of rotatable bonds is 4. The van der Waals surface area contributed by atoms with Gasteiger partial charge in [-0.2, -0.15) is 13.2 Å². The van der Waals surface area contributed by atoms with Gasteiger partial charge >= 0.3 is 6.18 Å². The normalized spacial score (nSPS) is 21.2. The number of thioether (sulfide) groups is 1. The number of aliphatic imine (C=N–C) groups is 1. The minimum atomic E-state index is -4.88. The molecule has 1 aromatic heterocycles. The molecule has 2 heterocycles. The van der Waals surface area contributed by atoms with E-state index < -0.39 is 23.6 Å². The van der Waals surface area contributed by atoms with E-state index in [0.717, 1.165) is 10.5 Å². The van der Waals surface area contributed by atoms with E-state index in [1.165, 1.54) is 6.20 Å². The average molecular weight is 446 g/mol. The van der Waals surface area contributed by atoms with Crippen LogP contribution in [0.3, 0.4) is 0 Å². The fraction of sp³-hybridized carbons (Fsp3) is 0.348. The number of aliphatic hydroxyl groups is 1. The predicted octanol–water partition coefficient (Wildman–Crippen LogP) is 5.78. The van der Waals surface area contributed by atoms with Crippen molar-refractivity contribution in [2.75, 3.05) is 5.75 Å². The summed E-state index contributed by atoms with van der Waals surface area (Å²) >= 11 is 1.63. The molecule has 0 aliphatic carbocycles. The zero-order chi connectivity index (χ0) is 22.3. The summed E-state index contributed by atoms with van der Waals surface area (Å²) in [5, 5.41) is 11.4. The maximum atomic E-state index is 14.1. The van der Waals surface area contributed by atoms with E-state index in [1.54, 1.807) is 43.8 Å². The van der Waals surface area contributed by atoms with Crippen molar-refractivity contribution in [1.29, 1.82) is 0 Å². The second-order valence-corrected chi connectivity index (χ2v) is 9.28. The first-order valence-corrected chi connectivity index (χ1v) is 10.9. The number of aryl methyl sites for hydroxylation is 1. The summed E-state index contributed by atoms with van der Waals surface area (Å²) in [5.74, 6) is 1.25. The summed E-state index contributed by atoms with van der Waals surface area (Å²) in [6.45, 7) is 3.52. The molecule has 2 aromatic carbocycles. The Bertz CT molecular complexity index is 1150. The molecule has 31 heavy (non-hydrogen) atoms. The second kappa shape index (κ2) is 7.91. The molecule has 0 saturated heterocycles. The van der Waals surface area contributed by atoms with E-state index in [4.69, 9.17) is 0 Å². The van der Waals surface area contributed by atoms with Gasteiger partial charge in [-0.3, -0.25) is 4.99 Å². The molecule has 1 aliphatic rings. The molecule has 0 spiro atoms. The highest BCUT2D eigenvalue weighted by Gasteiger charge is 2.56. The molecule has 0 amide bonds. The smallest absolute Gasteiger partial charge is 0.376 e. The first kappa shape index (κ1) is 21.8. The number of nitrogens with zero attached hydrogens (tertiary/aromatic N) is 3. The molecule has 162 valence electrons. The third kappa shape index (κ3) is 4.19. The molecule has 0 bridgehead atoms. The number of hydrogen-bond acceptors (Lipinski definition) is 5. The lowest BCUT2D eigenvalue weighted by Gasteiger charge is -2.41. The van der Waals surface area contributed by atoms with Gasteiger partial charge in [0.2, 0.25) is 0 Å². The van der Waals surface area contributed by atoms with E-state index in [9.17, 15) is 18.3 Å². The first-order chi connectivity index (χ1) is 14.6. The largest absolute Gasteiger partial charge is 0.422 e. The number of benzene rings is 2. The zero-order valence-corrected chi connectivity index (χ0v) is 18.0. The van der Waals surface area contributed by atoms with Gasteiger partial charge in [0.25, 0.3) is 0 Å². The van der Waals surface area contributed by atoms with Crippen molar-refractivity contribution in [2.24, 2.45) is 4.99 Å². The Labute approximate surface area is 182 Å². The average Bonchev–Trinajstić information content (AvgIpc) is 2.71. The number of fused-ring (bicyclic) bond motifs is 2. The van der Waals surface area contributed by atoms with Crippen molar-refractivity contribution < 1.29 is 18.3 Å². The SMILES string of the molecule is Cc1ncc2c(N=CC(O)(CC3(C)CCSc4ccccc43)C(F)(F)F)cccc2n1. The third-order valence-electron chi connectivity index (χ3n) is 5.74. The van der Waals surface area contributed by atoms with Crippen LogP contribution in [0.1, 0.15) is 31.2 Å². The van der Waals surface area contributed by atoms with Crippen molar-refractivity contribution in [2.45, 2.75) is 48.8 Å². The van der Waals surface area contributed by atoms with Gasteiger partial charge in [-0.15, -0.1) is 11.8 Å². The molecular weight excluding hydrogens is 423 g/mol. The summed E-state index contributed by atoms with van der Waals surface area (Å²) in [6.07, 6.45) is -2.69. The molecule has 1 aliphatic heterocycles. The zero-order valence-electron chi connectivity index (χ0n) is 17.1. The van der Waals surface area contributed by atoms with Gasteiger partial charge in [-0.25, -0.2) is 9.97 Å². The molecule has 0 radical (unpaired) electrons. The van der Waals surface area contributed by atoms with Gasteiger partial charge in [-0.05, 0) is 54.7 Å². The Balaban J connectivity index is 1.74. The van der Waals surface area contributed by atoms with Crippen LogP contribution in [0.25, 0.3) is 10.9 Å². The van der Waals surface area contributed by atoms with Crippen LogP contribution < -0.4 is 0 Å². The van der Waals surface area contributed by atoms with E-state index in [1.807, 2.05) is 24.3 Å². The van der Waals surface area contributed by atoms with Crippen molar-refractivity contribution in [1.82, 2.24) is 9.97 Å². The molecule has 0 fully saturated rings. The van der Waals surface area contributed by atoms with Crippen LogP contribution in [0.2, 0.25) is 0 Å². The maximum absolute atomic E-state index is 14.1. The molecule has 8 heteroatoms. The van der Waals surface area contributed by atoms with Gasteiger partial charge in [0, 0.05) is 22.7 Å². The molecule has 3 aromatic rings. The maximum Gasteiger partial charge on any atom is 0.422 e. The van der Waals surface area contributed by atoms with Crippen LogP contribution in [-0.4, -0.2) is 38.8 Å². The Morgan fingerprint density at radius 3 is 2.74 bits per heavy atom. The minimum Gasteiger partial charge on any atom is -0.376 e. The van der Waals surface area contributed by atoms with Gasteiger partial charge in [-0.1, -0.05) is 31.2 Å². The highest BCUT2D eigenvalue weighted by Crippen LogP contribution is 2.48. The van der Waals surface area contributed by atoms with Gasteiger partial charge in [0.1, 0.15) is 5.82 Å². The highest BCUT2D eigenvalue weighted by atomic mass is 32.2. The fourth-order valence-electron chi connectivity index (χ4n) is 4.03. The molecular formula is C23H22F3N3OS. The fourth-order valence-corrected chi connectivity index (χ4v) is 5.45. The number of halogens is 3. The van der Waals surface area contributed by atoms with Crippen molar-refractivity contribution in [3.63, 3.8) is 0 Å². The molecule has 2 atom stereocenters. The summed E-state index contributed by atoms with van der Waals surface area (Å²) < 4.78 is 42.3. The first-order valence-electron chi connectivity index (χ1n) is 9.90. The molecule has 1 N–H and O–H groups in total. The Kier molecular flexibility index (Phi) is 5.55. The van der Waals surface area contributed by atoms with E-state index in [2.05, 4.69) is 15.0 Å². The molecule has 4 rings (SSSR count). The lowest BCUT2D eigenvalue weighted by molar-refractivity contribution is -0.235. The Morgan fingerprint density at radius 1 is 1.19 bits per heavy atom. The van der Waals surface area contributed by atoms with Gasteiger partial charge in [0.15, 0.2) is 5.60 Å². The molecule has 2 unspecified atom stereocenters. The monoisotopic (exact) mass is 445 g/mol. The van der Waals surface area contributed by atoms with Crippen molar-refractivity contribution in [3.05, 3.63) is 60.0 Å². The van der Waals surface area contributed by atoms with Crippen LogP contribution in [0, 0.1) is 6.92 Å². The summed E-state index contributed by atoms with van der Waals surface area (Å²) in [6, 6.07) is 12.5. The summed E-state index contributed by atoms with van der Waals surface area (Å²) in [7, 11) is 0.